The Balaban J connectivity index is 2.07. The van der Waals surface area contributed by atoms with Gasteiger partial charge in [0.15, 0.2) is 0 Å². The van der Waals surface area contributed by atoms with Crippen molar-refractivity contribution >= 4 is 23.8 Å². The molecule has 0 aromatic carbocycles. The van der Waals surface area contributed by atoms with Gasteiger partial charge in [-0.25, -0.2) is 9.59 Å². The first-order valence-corrected chi connectivity index (χ1v) is 8.04. The van der Waals surface area contributed by atoms with Gasteiger partial charge < -0.3 is 14.9 Å². The van der Waals surface area contributed by atoms with Crippen molar-refractivity contribution in [2.75, 3.05) is 25.4 Å². The lowest BCUT2D eigenvalue weighted by Crippen LogP contribution is -2.53. The van der Waals surface area contributed by atoms with Crippen molar-refractivity contribution in [2.24, 2.45) is 0 Å². The molecule has 6 heteroatoms. The van der Waals surface area contributed by atoms with Crippen LogP contribution in [0.15, 0.2) is 0 Å². The van der Waals surface area contributed by atoms with E-state index in [1.54, 1.807) is 4.90 Å². The molecule has 0 aromatic heterocycles. The minimum atomic E-state index is -0.866. The number of hydrogen-bond acceptors (Lipinski definition) is 3. The van der Waals surface area contributed by atoms with Crippen LogP contribution in [0.2, 0.25) is 0 Å². The maximum absolute atomic E-state index is 12.5. The number of thioether (sulfide) groups is 1. The SMILES string of the molecule is CC1CN(C(=O)N2CCCCCC2C(=O)O)CCS1. The van der Waals surface area contributed by atoms with Crippen LogP contribution in [0.25, 0.3) is 0 Å². The molecule has 19 heavy (non-hydrogen) atoms. The van der Waals surface area contributed by atoms with Gasteiger partial charge in [0.2, 0.25) is 0 Å². The summed E-state index contributed by atoms with van der Waals surface area (Å²) in [5.74, 6) is 0.0769. The molecule has 0 spiro atoms. The molecule has 108 valence electrons. The Kier molecular flexibility index (Phi) is 4.96. The summed E-state index contributed by atoms with van der Waals surface area (Å²) < 4.78 is 0. The largest absolute Gasteiger partial charge is 0.480 e. The number of nitrogens with zero attached hydrogens (tertiary/aromatic N) is 2. The Morgan fingerprint density at radius 1 is 1.21 bits per heavy atom. The van der Waals surface area contributed by atoms with Crippen LogP contribution >= 0.6 is 11.8 Å². The summed E-state index contributed by atoms with van der Waals surface area (Å²) in [7, 11) is 0. The molecule has 2 rings (SSSR count). The normalized spacial score (nSPS) is 28.9. The van der Waals surface area contributed by atoms with Gasteiger partial charge in [0.25, 0.3) is 0 Å². The molecule has 2 unspecified atom stereocenters. The fourth-order valence-corrected chi connectivity index (χ4v) is 3.78. The van der Waals surface area contributed by atoms with Gasteiger partial charge in [-0.05, 0) is 12.8 Å². The number of carboxylic acids is 1. The highest BCUT2D eigenvalue weighted by Gasteiger charge is 2.34. The molecule has 5 nitrogen and oxygen atoms in total. The van der Waals surface area contributed by atoms with E-state index >= 15 is 0 Å². The van der Waals surface area contributed by atoms with Crippen LogP contribution in [0, 0.1) is 0 Å². The van der Waals surface area contributed by atoms with E-state index in [1.165, 1.54) is 0 Å². The van der Waals surface area contributed by atoms with Gasteiger partial charge in [0.05, 0.1) is 0 Å². The van der Waals surface area contributed by atoms with Crippen LogP contribution in [-0.2, 0) is 4.79 Å². The Morgan fingerprint density at radius 3 is 2.68 bits per heavy atom. The number of amides is 2. The van der Waals surface area contributed by atoms with E-state index in [1.807, 2.05) is 16.7 Å². The van der Waals surface area contributed by atoms with E-state index in [2.05, 4.69) is 6.92 Å². The number of carbonyl (C=O) groups is 2. The van der Waals surface area contributed by atoms with E-state index < -0.39 is 12.0 Å². The summed E-state index contributed by atoms with van der Waals surface area (Å²) in [5.41, 5.74) is 0. The highest BCUT2D eigenvalue weighted by Crippen LogP contribution is 2.22. The molecule has 2 aliphatic rings. The highest BCUT2D eigenvalue weighted by molar-refractivity contribution is 7.99. The van der Waals surface area contributed by atoms with Gasteiger partial charge >= 0.3 is 12.0 Å². The molecule has 0 aromatic rings. The second-order valence-corrected chi connectivity index (χ2v) is 6.85. The van der Waals surface area contributed by atoms with Crippen LogP contribution in [0.4, 0.5) is 4.79 Å². The van der Waals surface area contributed by atoms with Gasteiger partial charge in [-0.1, -0.05) is 19.8 Å². The molecule has 0 saturated carbocycles. The molecule has 0 radical (unpaired) electrons. The second-order valence-electron chi connectivity index (χ2n) is 5.31. The van der Waals surface area contributed by atoms with Crippen LogP contribution in [0.1, 0.15) is 32.6 Å². The van der Waals surface area contributed by atoms with Crippen molar-refractivity contribution in [3.63, 3.8) is 0 Å². The molecular weight excluding hydrogens is 264 g/mol. The third kappa shape index (κ3) is 3.55. The molecular formula is C13H22N2O3S. The average Bonchev–Trinajstić information content (AvgIpc) is 2.63. The molecule has 2 saturated heterocycles. The molecule has 2 aliphatic heterocycles. The zero-order valence-corrected chi connectivity index (χ0v) is 12.2. The molecule has 2 fully saturated rings. The zero-order chi connectivity index (χ0) is 13.8. The average molecular weight is 286 g/mol. The number of hydrogen-bond donors (Lipinski definition) is 1. The molecule has 1 N–H and O–H groups in total. The van der Waals surface area contributed by atoms with E-state index in [4.69, 9.17) is 0 Å². The van der Waals surface area contributed by atoms with Crippen LogP contribution in [0.5, 0.6) is 0 Å². The number of likely N-dealkylation sites (tertiary alicyclic amines) is 1. The van der Waals surface area contributed by atoms with Gasteiger partial charge in [-0.15, -0.1) is 0 Å². The van der Waals surface area contributed by atoms with Crippen LogP contribution in [-0.4, -0.2) is 63.6 Å². The Hall–Kier alpha value is -0.910. The zero-order valence-electron chi connectivity index (χ0n) is 11.4. The first kappa shape index (κ1) is 14.5. The van der Waals surface area contributed by atoms with Gasteiger partial charge in [-0.3, -0.25) is 0 Å². The third-order valence-corrected chi connectivity index (χ3v) is 4.93. The van der Waals surface area contributed by atoms with Crippen LogP contribution in [0.3, 0.4) is 0 Å². The first-order chi connectivity index (χ1) is 9.09. The number of aliphatic carboxylic acids is 1. The lowest BCUT2D eigenvalue weighted by molar-refractivity contribution is -0.142. The number of carboxylic acid groups (broad SMARTS) is 1. The summed E-state index contributed by atoms with van der Waals surface area (Å²) in [4.78, 5) is 27.3. The Bertz CT molecular complexity index is 351. The first-order valence-electron chi connectivity index (χ1n) is 6.99. The lowest BCUT2D eigenvalue weighted by Gasteiger charge is -2.36. The predicted octanol–water partition coefficient (Wildman–Crippen LogP) is 1.87. The number of rotatable bonds is 1. The maximum atomic E-state index is 12.5. The van der Waals surface area contributed by atoms with E-state index in [0.29, 0.717) is 18.2 Å². The fraction of sp³-hybridized carbons (Fsp3) is 0.846. The lowest BCUT2D eigenvalue weighted by atomic mass is 10.1. The molecule has 2 atom stereocenters. The maximum Gasteiger partial charge on any atom is 0.326 e. The fourth-order valence-electron chi connectivity index (χ4n) is 2.77. The molecule has 2 amide bonds. The third-order valence-electron chi connectivity index (χ3n) is 3.80. The number of urea groups is 1. The summed E-state index contributed by atoms with van der Waals surface area (Å²) in [5, 5.41) is 9.75. The van der Waals surface area contributed by atoms with Crippen molar-refractivity contribution in [2.45, 2.75) is 43.9 Å². The van der Waals surface area contributed by atoms with Gasteiger partial charge in [-0.2, -0.15) is 11.8 Å². The summed E-state index contributed by atoms with van der Waals surface area (Å²) in [6.45, 7) is 4.15. The predicted molar refractivity (Wildman–Crippen MR) is 75.5 cm³/mol. The number of carbonyl (C=O) groups excluding carboxylic acids is 1. The summed E-state index contributed by atoms with van der Waals surface area (Å²) in [6, 6.07) is -0.721. The monoisotopic (exact) mass is 286 g/mol. The molecule has 2 heterocycles. The second kappa shape index (κ2) is 6.50. The minimum Gasteiger partial charge on any atom is -0.480 e. The topological polar surface area (TPSA) is 60.9 Å². The van der Waals surface area contributed by atoms with E-state index in [0.717, 1.165) is 38.1 Å². The smallest absolute Gasteiger partial charge is 0.326 e. The Labute approximate surface area is 118 Å². The van der Waals surface area contributed by atoms with E-state index in [-0.39, 0.29) is 6.03 Å². The standard InChI is InChI=1S/C13H22N2O3S/c1-10-9-14(7-8-19-10)13(18)15-6-4-2-3-5-11(15)12(16)17/h10-11H,2-9H2,1H3,(H,16,17). The van der Waals surface area contributed by atoms with Crippen molar-refractivity contribution < 1.29 is 14.7 Å². The highest BCUT2D eigenvalue weighted by atomic mass is 32.2. The summed E-state index contributed by atoms with van der Waals surface area (Å²) in [6.07, 6.45) is 3.40. The van der Waals surface area contributed by atoms with Gasteiger partial charge in [0, 0.05) is 30.6 Å². The van der Waals surface area contributed by atoms with Crippen LogP contribution < -0.4 is 0 Å². The van der Waals surface area contributed by atoms with E-state index in [9.17, 15) is 14.7 Å². The Morgan fingerprint density at radius 2 is 2.00 bits per heavy atom. The quantitative estimate of drug-likeness (QED) is 0.799. The molecule has 0 aliphatic carbocycles. The van der Waals surface area contributed by atoms with Crippen molar-refractivity contribution in [1.29, 1.82) is 0 Å². The minimum absolute atomic E-state index is 0.0820. The molecule has 0 bridgehead atoms. The summed E-state index contributed by atoms with van der Waals surface area (Å²) >= 11 is 1.87. The van der Waals surface area contributed by atoms with Crippen molar-refractivity contribution in [1.82, 2.24) is 9.80 Å². The van der Waals surface area contributed by atoms with Crippen molar-refractivity contribution in [3.8, 4) is 0 Å². The van der Waals surface area contributed by atoms with Crippen molar-refractivity contribution in [3.05, 3.63) is 0 Å². The van der Waals surface area contributed by atoms with Gasteiger partial charge in [0.1, 0.15) is 6.04 Å².